The van der Waals surface area contributed by atoms with Crippen molar-refractivity contribution in [3.05, 3.63) is 89.5 Å². The third kappa shape index (κ3) is 8.75. The number of aliphatic carboxylic acids is 1. The number of carboxylic acids is 1. The van der Waals surface area contributed by atoms with Crippen LogP contribution < -0.4 is 10.1 Å². The van der Waals surface area contributed by atoms with Crippen LogP contribution in [0.5, 0.6) is 11.5 Å². The summed E-state index contributed by atoms with van der Waals surface area (Å²) in [6.07, 6.45) is 1.21. The highest BCUT2D eigenvalue weighted by atomic mass is 32.2. The molecule has 9 nitrogen and oxygen atoms in total. The molecular weight excluding hydrogens is 520 g/mol. The molecule has 0 bridgehead atoms. The molecule has 0 spiro atoms. The normalized spacial score (nSPS) is 12.7. The molecule has 39 heavy (non-hydrogen) atoms. The van der Waals surface area contributed by atoms with Crippen LogP contribution in [-0.4, -0.2) is 55.8 Å². The number of anilines is 1. The number of hydrogen-bond acceptors (Lipinski definition) is 7. The highest BCUT2D eigenvalue weighted by Crippen LogP contribution is 2.31. The van der Waals surface area contributed by atoms with Gasteiger partial charge in [0.25, 0.3) is 0 Å². The number of hydrogen-bond donors (Lipinski definition) is 2. The van der Waals surface area contributed by atoms with E-state index in [0.29, 0.717) is 34.7 Å². The second kappa shape index (κ2) is 13.1. The first kappa shape index (κ1) is 29.5. The summed E-state index contributed by atoms with van der Waals surface area (Å²) < 4.78 is 34.7. The summed E-state index contributed by atoms with van der Waals surface area (Å²) in [4.78, 5) is 25.9. The van der Waals surface area contributed by atoms with Gasteiger partial charge in [-0.05, 0) is 61.7 Å². The zero-order valence-corrected chi connectivity index (χ0v) is 23.3. The van der Waals surface area contributed by atoms with Gasteiger partial charge in [0.1, 0.15) is 17.4 Å². The number of nitrogens with one attached hydrogen (secondary N) is 1. The second-order valence-electron chi connectivity index (χ2n) is 9.44. The molecule has 0 aliphatic heterocycles. The maximum absolute atomic E-state index is 12.9. The molecule has 2 N–H and O–H groups in total. The van der Waals surface area contributed by atoms with E-state index >= 15 is 0 Å². The van der Waals surface area contributed by atoms with E-state index in [0.717, 1.165) is 11.8 Å². The van der Waals surface area contributed by atoms with Gasteiger partial charge >= 0.3 is 12.1 Å². The van der Waals surface area contributed by atoms with Gasteiger partial charge in [0, 0.05) is 23.5 Å². The summed E-state index contributed by atoms with van der Waals surface area (Å²) in [6.45, 7) is 3.64. The standard InChI is InChI=1S/C29H34N2O7S/c1-20(15-22-9-6-5-7-10-22)31(29(34)37-3)18-24-16-25(30-19-39(4,35)36)13-14-27(24)38-26-12-8-11-23(17-26)21(2)28(32)33/h5-14,16-17,20-21,30H,15,18-19H2,1-4H3,(H,32,33)/t20-,21?/m0/s1. The average molecular weight is 555 g/mol. The highest BCUT2D eigenvalue weighted by Gasteiger charge is 2.24. The van der Waals surface area contributed by atoms with E-state index < -0.39 is 27.8 Å². The minimum Gasteiger partial charge on any atom is -0.481 e. The van der Waals surface area contributed by atoms with Gasteiger partial charge in [0.15, 0.2) is 9.84 Å². The van der Waals surface area contributed by atoms with Crippen LogP contribution in [0.25, 0.3) is 0 Å². The van der Waals surface area contributed by atoms with E-state index in [-0.39, 0.29) is 18.5 Å². The zero-order valence-electron chi connectivity index (χ0n) is 22.5. The predicted octanol–water partition coefficient (Wildman–Crippen LogP) is 5.28. The maximum Gasteiger partial charge on any atom is 0.410 e. The molecule has 0 aliphatic carbocycles. The van der Waals surface area contributed by atoms with Crippen LogP contribution in [0.1, 0.15) is 36.5 Å². The molecule has 0 radical (unpaired) electrons. The summed E-state index contributed by atoms with van der Waals surface area (Å²) in [5, 5.41) is 12.3. The minimum absolute atomic E-state index is 0.121. The van der Waals surface area contributed by atoms with Crippen molar-refractivity contribution in [1.82, 2.24) is 4.90 Å². The molecule has 0 aromatic heterocycles. The van der Waals surface area contributed by atoms with Crippen LogP contribution in [0.3, 0.4) is 0 Å². The van der Waals surface area contributed by atoms with Gasteiger partial charge in [-0.15, -0.1) is 0 Å². The molecule has 1 unspecified atom stereocenters. The van der Waals surface area contributed by atoms with E-state index in [2.05, 4.69) is 5.32 Å². The molecular formula is C29H34N2O7S. The summed E-state index contributed by atoms with van der Waals surface area (Å²) in [5.41, 5.74) is 2.79. The van der Waals surface area contributed by atoms with E-state index in [1.54, 1.807) is 54.3 Å². The molecule has 0 heterocycles. The fourth-order valence-corrected chi connectivity index (χ4v) is 4.44. The Morgan fingerprint density at radius 1 is 1.00 bits per heavy atom. The molecule has 3 aromatic carbocycles. The Bertz CT molecular complexity index is 1390. The number of sulfone groups is 1. The Morgan fingerprint density at radius 2 is 1.72 bits per heavy atom. The second-order valence-corrected chi connectivity index (χ2v) is 11.6. The molecule has 3 aromatic rings. The van der Waals surface area contributed by atoms with E-state index in [4.69, 9.17) is 9.47 Å². The molecule has 0 fully saturated rings. The molecule has 3 rings (SSSR count). The highest BCUT2D eigenvalue weighted by molar-refractivity contribution is 7.90. The lowest BCUT2D eigenvalue weighted by Gasteiger charge is -2.29. The Morgan fingerprint density at radius 3 is 2.36 bits per heavy atom. The monoisotopic (exact) mass is 554 g/mol. The van der Waals surface area contributed by atoms with Crippen LogP contribution in [0, 0.1) is 0 Å². The van der Waals surface area contributed by atoms with Crippen molar-refractivity contribution in [3.8, 4) is 11.5 Å². The van der Waals surface area contributed by atoms with Gasteiger partial charge in [-0.1, -0.05) is 42.5 Å². The summed E-state index contributed by atoms with van der Waals surface area (Å²) in [5.74, 6) is -1.06. The van der Waals surface area contributed by atoms with Gasteiger partial charge in [-0.3, -0.25) is 4.79 Å². The molecule has 10 heteroatoms. The van der Waals surface area contributed by atoms with Crippen LogP contribution in [0.2, 0.25) is 0 Å². The number of carbonyl (C=O) groups excluding carboxylic acids is 1. The van der Waals surface area contributed by atoms with Crippen molar-refractivity contribution in [1.29, 1.82) is 0 Å². The fraction of sp³-hybridized carbons (Fsp3) is 0.310. The van der Waals surface area contributed by atoms with Gasteiger partial charge in [-0.2, -0.15) is 0 Å². The first-order valence-corrected chi connectivity index (χ1v) is 14.5. The lowest BCUT2D eigenvalue weighted by molar-refractivity contribution is -0.138. The van der Waals surface area contributed by atoms with Crippen molar-refractivity contribution in [2.75, 3.05) is 24.6 Å². The maximum atomic E-state index is 12.9. The summed E-state index contributed by atoms with van der Waals surface area (Å²) in [6, 6.07) is 21.5. The van der Waals surface area contributed by atoms with Crippen molar-refractivity contribution in [3.63, 3.8) is 0 Å². The molecule has 208 valence electrons. The third-order valence-corrected chi connectivity index (χ3v) is 6.88. The van der Waals surface area contributed by atoms with Crippen molar-refractivity contribution >= 4 is 27.6 Å². The predicted molar refractivity (Wildman–Crippen MR) is 150 cm³/mol. The van der Waals surface area contributed by atoms with E-state index in [1.807, 2.05) is 37.3 Å². The zero-order chi connectivity index (χ0) is 28.6. The largest absolute Gasteiger partial charge is 0.481 e. The minimum atomic E-state index is -3.28. The SMILES string of the molecule is COC(=O)N(Cc1cc(NCS(C)(=O)=O)ccc1Oc1cccc(C(C)C(=O)O)c1)[C@@H](C)Cc1ccccc1. The van der Waals surface area contributed by atoms with Crippen LogP contribution in [0.15, 0.2) is 72.8 Å². The lowest BCUT2D eigenvalue weighted by Crippen LogP contribution is -2.39. The third-order valence-electron chi connectivity index (χ3n) is 6.21. The smallest absolute Gasteiger partial charge is 0.410 e. The molecule has 2 atom stereocenters. The number of carbonyl (C=O) groups is 2. The van der Waals surface area contributed by atoms with Crippen molar-refractivity contribution < 1.29 is 32.6 Å². The van der Waals surface area contributed by atoms with Crippen LogP contribution in [0.4, 0.5) is 10.5 Å². The quantitative estimate of drug-likeness (QED) is 0.310. The van der Waals surface area contributed by atoms with Gasteiger partial charge in [-0.25, -0.2) is 13.2 Å². The number of nitrogens with zero attached hydrogens (tertiary/aromatic N) is 1. The average Bonchev–Trinajstić information content (AvgIpc) is 2.90. The fourth-order valence-electron chi connectivity index (χ4n) is 4.01. The Labute approximate surface area is 229 Å². The molecule has 0 saturated heterocycles. The molecule has 0 saturated carbocycles. The number of benzene rings is 3. The van der Waals surface area contributed by atoms with Gasteiger partial charge in [0.2, 0.25) is 0 Å². The number of rotatable bonds is 12. The molecule has 1 amide bonds. The number of ether oxygens (including phenoxy) is 2. The van der Waals surface area contributed by atoms with Crippen molar-refractivity contribution in [2.45, 2.75) is 38.8 Å². The van der Waals surface area contributed by atoms with Crippen LogP contribution in [-0.2, 0) is 32.3 Å². The summed E-state index contributed by atoms with van der Waals surface area (Å²) in [7, 11) is -1.96. The first-order chi connectivity index (χ1) is 18.5. The van der Waals surface area contributed by atoms with Gasteiger partial charge in [0.05, 0.1) is 19.6 Å². The number of amides is 1. The Balaban J connectivity index is 1.96. The Hall–Kier alpha value is -4.05. The van der Waals surface area contributed by atoms with E-state index in [9.17, 15) is 23.1 Å². The first-order valence-electron chi connectivity index (χ1n) is 12.4. The topological polar surface area (TPSA) is 122 Å². The number of carboxylic acid groups (broad SMARTS) is 1. The van der Waals surface area contributed by atoms with Crippen molar-refractivity contribution in [2.24, 2.45) is 0 Å². The van der Waals surface area contributed by atoms with Gasteiger partial charge < -0.3 is 24.8 Å². The van der Waals surface area contributed by atoms with E-state index in [1.165, 1.54) is 7.11 Å². The van der Waals surface area contributed by atoms with Crippen LogP contribution >= 0.6 is 0 Å². The molecule has 0 aliphatic rings. The summed E-state index contributed by atoms with van der Waals surface area (Å²) >= 11 is 0. The lowest BCUT2D eigenvalue weighted by atomic mass is 10.0. The Kier molecular flexibility index (Phi) is 9.95. The number of methoxy groups -OCH3 is 1.